The summed E-state index contributed by atoms with van der Waals surface area (Å²) < 4.78 is 5.75. The van der Waals surface area contributed by atoms with E-state index in [1.807, 2.05) is 30.3 Å². The largest absolute Gasteiger partial charge is 0.504 e. The second-order valence-electron chi connectivity index (χ2n) is 7.96. The molecule has 4 aromatic rings. The van der Waals surface area contributed by atoms with Crippen LogP contribution in [0.3, 0.4) is 0 Å². The first-order valence-corrected chi connectivity index (χ1v) is 10.6. The highest BCUT2D eigenvalue weighted by Crippen LogP contribution is 2.37. The number of carbonyl (C=O) groups excluding carboxylic acids is 1. The number of carbonyl (C=O) groups is 2. The van der Waals surface area contributed by atoms with E-state index in [1.165, 1.54) is 24.3 Å². The number of benzene rings is 3. The lowest BCUT2D eigenvalue weighted by molar-refractivity contribution is -0.143. The van der Waals surface area contributed by atoms with E-state index in [2.05, 4.69) is 0 Å². The fourth-order valence-electron chi connectivity index (χ4n) is 3.73. The number of furan rings is 1. The number of carboxylic acids is 1. The Kier molecular flexibility index (Phi) is 6.36. The number of fused-ring (bicyclic) bond motifs is 1. The zero-order valence-corrected chi connectivity index (χ0v) is 18.0. The maximum Gasteiger partial charge on any atom is 0.307 e. The standard InChI is InChI=1S/C27H22O7/c28-20(13-19(27(32)33)12-16-4-2-1-3-5-16)9-6-17-7-11-23(30)26-21(17)15-25(34-26)18-8-10-22(29)24(31)14-18/h1-11,14-15,19,29-31H,12-13H2,(H,32,33)/b9-6+/t19-/m1/s1. The maximum atomic E-state index is 12.5. The van der Waals surface area contributed by atoms with Crippen molar-refractivity contribution in [2.24, 2.45) is 5.92 Å². The van der Waals surface area contributed by atoms with E-state index >= 15 is 0 Å². The van der Waals surface area contributed by atoms with Gasteiger partial charge in [-0.2, -0.15) is 0 Å². The van der Waals surface area contributed by atoms with Crippen LogP contribution in [0.2, 0.25) is 0 Å². The van der Waals surface area contributed by atoms with Crippen molar-refractivity contribution >= 4 is 28.8 Å². The minimum Gasteiger partial charge on any atom is -0.504 e. The molecule has 172 valence electrons. The average molecular weight is 458 g/mol. The molecule has 3 aromatic carbocycles. The Bertz CT molecular complexity index is 1380. The van der Waals surface area contributed by atoms with Gasteiger partial charge in [0.1, 0.15) is 5.76 Å². The molecule has 0 aliphatic carbocycles. The van der Waals surface area contributed by atoms with Crippen LogP contribution < -0.4 is 0 Å². The maximum absolute atomic E-state index is 12.5. The number of aliphatic carboxylic acids is 1. The van der Waals surface area contributed by atoms with E-state index < -0.39 is 11.9 Å². The van der Waals surface area contributed by atoms with E-state index in [0.29, 0.717) is 22.3 Å². The van der Waals surface area contributed by atoms with Crippen LogP contribution in [0.5, 0.6) is 17.2 Å². The van der Waals surface area contributed by atoms with Gasteiger partial charge in [0.25, 0.3) is 0 Å². The molecule has 1 aromatic heterocycles. The number of aromatic hydroxyl groups is 3. The molecule has 0 fully saturated rings. The third-order valence-corrected chi connectivity index (χ3v) is 5.53. The first-order chi connectivity index (χ1) is 16.3. The Morgan fingerprint density at radius 3 is 2.32 bits per heavy atom. The van der Waals surface area contributed by atoms with Crippen LogP contribution in [0.1, 0.15) is 17.5 Å². The zero-order chi connectivity index (χ0) is 24.2. The monoisotopic (exact) mass is 458 g/mol. The number of hydrogen-bond acceptors (Lipinski definition) is 6. The molecule has 0 aliphatic rings. The molecule has 0 radical (unpaired) electrons. The molecule has 1 atom stereocenters. The molecule has 7 heteroatoms. The first-order valence-electron chi connectivity index (χ1n) is 10.6. The van der Waals surface area contributed by atoms with Crippen LogP contribution in [0.4, 0.5) is 0 Å². The summed E-state index contributed by atoms with van der Waals surface area (Å²) in [5.41, 5.74) is 2.12. The Balaban J connectivity index is 1.57. The van der Waals surface area contributed by atoms with Crippen molar-refractivity contribution in [1.29, 1.82) is 0 Å². The number of phenolic OH excluding ortho intramolecular Hbond substituents is 3. The fraction of sp³-hybridized carbons (Fsp3) is 0.111. The lowest BCUT2D eigenvalue weighted by atomic mass is 9.94. The van der Waals surface area contributed by atoms with Crippen LogP contribution in [0, 0.1) is 5.92 Å². The zero-order valence-electron chi connectivity index (χ0n) is 18.0. The molecule has 4 rings (SSSR count). The highest BCUT2D eigenvalue weighted by molar-refractivity contribution is 6.00. The summed E-state index contributed by atoms with van der Waals surface area (Å²) >= 11 is 0. The summed E-state index contributed by atoms with van der Waals surface area (Å²) in [6, 6.07) is 18.1. The normalized spacial score (nSPS) is 12.2. The number of carboxylic acid groups (broad SMARTS) is 1. The van der Waals surface area contributed by atoms with E-state index in [-0.39, 0.29) is 41.5 Å². The Morgan fingerprint density at radius 2 is 1.62 bits per heavy atom. The van der Waals surface area contributed by atoms with Gasteiger partial charge in [0, 0.05) is 17.4 Å². The van der Waals surface area contributed by atoms with Gasteiger partial charge in [-0.15, -0.1) is 0 Å². The predicted molar refractivity (Wildman–Crippen MR) is 127 cm³/mol. The van der Waals surface area contributed by atoms with Crippen molar-refractivity contribution in [2.75, 3.05) is 0 Å². The summed E-state index contributed by atoms with van der Waals surface area (Å²) in [6.07, 6.45) is 2.99. The molecule has 1 heterocycles. The number of hydrogen-bond donors (Lipinski definition) is 4. The van der Waals surface area contributed by atoms with Crippen molar-refractivity contribution in [2.45, 2.75) is 12.8 Å². The van der Waals surface area contributed by atoms with E-state index in [0.717, 1.165) is 5.56 Å². The van der Waals surface area contributed by atoms with E-state index in [1.54, 1.807) is 24.3 Å². The lowest BCUT2D eigenvalue weighted by Gasteiger charge is -2.10. The van der Waals surface area contributed by atoms with Crippen molar-refractivity contribution < 1.29 is 34.4 Å². The van der Waals surface area contributed by atoms with Gasteiger partial charge in [-0.3, -0.25) is 9.59 Å². The second-order valence-corrected chi connectivity index (χ2v) is 7.96. The molecule has 0 bridgehead atoms. The molecule has 0 saturated heterocycles. The van der Waals surface area contributed by atoms with Crippen LogP contribution in [-0.2, 0) is 16.0 Å². The Hall–Kier alpha value is -4.52. The molecule has 7 nitrogen and oxygen atoms in total. The molecule has 4 N–H and O–H groups in total. The van der Waals surface area contributed by atoms with Gasteiger partial charge >= 0.3 is 5.97 Å². The van der Waals surface area contributed by atoms with Gasteiger partial charge < -0.3 is 24.8 Å². The second kappa shape index (κ2) is 9.54. The first kappa shape index (κ1) is 22.7. The lowest BCUT2D eigenvalue weighted by Crippen LogP contribution is -2.19. The topological polar surface area (TPSA) is 128 Å². The van der Waals surface area contributed by atoms with Gasteiger partial charge in [-0.1, -0.05) is 42.5 Å². The van der Waals surface area contributed by atoms with Gasteiger partial charge in [-0.05, 0) is 54.0 Å². The van der Waals surface area contributed by atoms with Gasteiger partial charge in [0.2, 0.25) is 0 Å². The number of phenols is 3. The van der Waals surface area contributed by atoms with Crippen molar-refractivity contribution in [3.8, 4) is 28.6 Å². The molecule has 0 aliphatic heterocycles. The summed E-state index contributed by atoms with van der Waals surface area (Å²) in [5.74, 6) is -2.54. The highest BCUT2D eigenvalue weighted by Gasteiger charge is 2.21. The average Bonchev–Trinajstić information content (AvgIpc) is 3.27. The number of ketones is 1. The molecule has 0 saturated carbocycles. The molecule has 34 heavy (non-hydrogen) atoms. The fourth-order valence-corrected chi connectivity index (χ4v) is 3.73. The molecular formula is C27H22O7. The van der Waals surface area contributed by atoms with Crippen molar-refractivity contribution in [1.82, 2.24) is 0 Å². The highest BCUT2D eigenvalue weighted by atomic mass is 16.4. The third kappa shape index (κ3) is 4.94. The van der Waals surface area contributed by atoms with Crippen molar-refractivity contribution in [3.05, 3.63) is 83.9 Å². The Morgan fingerprint density at radius 1 is 0.882 bits per heavy atom. The molecular weight excluding hydrogens is 436 g/mol. The summed E-state index contributed by atoms with van der Waals surface area (Å²) in [4.78, 5) is 24.2. The van der Waals surface area contributed by atoms with Crippen LogP contribution in [0.15, 0.2) is 77.2 Å². The smallest absolute Gasteiger partial charge is 0.307 e. The SMILES string of the molecule is O=C(/C=C/c1ccc(O)c2oc(-c3ccc(O)c(O)c3)cc12)C[C@@H](Cc1ccccc1)C(=O)O. The van der Waals surface area contributed by atoms with Crippen LogP contribution in [0.25, 0.3) is 28.4 Å². The van der Waals surface area contributed by atoms with E-state index in [9.17, 15) is 30.0 Å². The summed E-state index contributed by atoms with van der Waals surface area (Å²) in [7, 11) is 0. The summed E-state index contributed by atoms with van der Waals surface area (Å²) in [5, 5.41) is 39.6. The van der Waals surface area contributed by atoms with Crippen LogP contribution >= 0.6 is 0 Å². The number of allylic oxidation sites excluding steroid dienone is 1. The minimum atomic E-state index is -1.03. The number of rotatable bonds is 8. The van der Waals surface area contributed by atoms with Crippen molar-refractivity contribution in [3.63, 3.8) is 0 Å². The Labute approximate surface area is 194 Å². The van der Waals surface area contributed by atoms with Gasteiger partial charge in [0.15, 0.2) is 28.6 Å². The van der Waals surface area contributed by atoms with Gasteiger partial charge in [-0.25, -0.2) is 0 Å². The van der Waals surface area contributed by atoms with Crippen LogP contribution in [-0.4, -0.2) is 32.2 Å². The minimum absolute atomic E-state index is 0.0958. The molecule has 0 amide bonds. The summed E-state index contributed by atoms with van der Waals surface area (Å²) in [6.45, 7) is 0. The third-order valence-electron chi connectivity index (χ3n) is 5.53. The molecule has 0 unspecified atom stereocenters. The molecule has 0 spiro atoms. The van der Waals surface area contributed by atoms with Gasteiger partial charge in [0.05, 0.1) is 5.92 Å². The predicted octanol–water partition coefficient (Wildman–Crippen LogP) is 5.13. The quantitative estimate of drug-likeness (QED) is 0.213. The van der Waals surface area contributed by atoms with E-state index in [4.69, 9.17) is 4.42 Å².